The Kier molecular flexibility index (Phi) is 4.79. The van der Waals surface area contributed by atoms with Crippen LogP contribution in [0.2, 0.25) is 0 Å². The summed E-state index contributed by atoms with van der Waals surface area (Å²) in [6.45, 7) is 3.47. The molecule has 1 aromatic heterocycles. The number of phenolic OH excluding ortho intramolecular Hbond substituents is 1. The minimum Gasteiger partial charge on any atom is -0.503 e. The predicted octanol–water partition coefficient (Wildman–Crippen LogP) is 3.22. The summed E-state index contributed by atoms with van der Waals surface area (Å²) in [4.78, 5) is 5.51. The Balaban J connectivity index is 1.98. The predicted molar refractivity (Wildman–Crippen MR) is 79.8 cm³/mol. The molecule has 0 saturated carbocycles. The second-order valence-corrected chi connectivity index (χ2v) is 6.27. The van der Waals surface area contributed by atoms with Crippen molar-refractivity contribution in [2.24, 2.45) is 0 Å². The van der Waals surface area contributed by atoms with Crippen LogP contribution in [-0.2, 0) is 13.1 Å². The first-order valence-electron chi connectivity index (χ1n) is 5.77. The van der Waals surface area contributed by atoms with Crippen molar-refractivity contribution >= 4 is 27.3 Å². The van der Waals surface area contributed by atoms with Gasteiger partial charge in [0.25, 0.3) is 0 Å². The Morgan fingerprint density at radius 2 is 2.21 bits per heavy atom. The standard InChI is InChI=1S/C13H15BrN2O2S/c1-8-5-16-12(19-8)7-15-6-9-3-10(14)13(17)11(4-9)18-2/h3-5,15,17H,6-7H2,1-2H3. The molecule has 0 fully saturated rings. The number of methoxy groups -OCH3 is 1. The molecule has 0 bridgehead atoms. The highest BCUT2D eigenvalue weighted by atomic mass is 79.9. The quantitative estimate of drug-likeness (QED) is 0.875. The molecular weight excluding hydrogens is 328 g/mol. The van der Waals surface area contributed by atoms with Crippen LogP contribution in [0.4, 0.5) is 0 Å². The van der Waals surface area contributed by atoms with Crippen LogP contribution in [0, 0.1) is 6.92 Å². The highest BCUT2D eigenvalue weighted by molar-refractivity contribution is 9.10. The van der Waals surface area contributed by atoms with E-state index in [4.69, 9.17) is 4.74 Å². The van der Waals surface area contributed by atoms with Gasteiger partial charge in [-0.3, -0.25) is 0 Å². The van der Waals surface area contributed by atoms with E-state index in [9.17, 15) is 5.11 Å². The molecule has 0 aliphatic rings. The molecule has 0 aliphatic heterocycles. The molecule has 1 aromatic carbocycles. The fourth-order valence-corrected chi connectivity index (χ4v) is 2.93. The number of aromatic hydroxyl groups is 1. The third-order valence-corrected chi connectivity index (χ3v) is 4.10. The first-order valence-corrected chi connectivity index (χ1v) is 7.38. The Bertz CT molecular complexity index is 572. The van der Waals surface area contributed by atoms with Crippen LogP contribution in [0.3, 0.4) is 0 Å². The Morgan fingerprint density at radius 1 is 1.42 bits per heavy atom. The summed E-state index contributed by atoms with van der Waals surface area (Å²) in [5.41, 5.74) is 1.04. The maximum atomic E-state index is 9.73. The van der Waals surface area contributed by atoms with Gasteiger partial charge in [0, 0.05) is 24.2 Å². The maximum Gasteiger partial charge on any atom is 0.172 e. The van der Waals surface area contributed by atoms with Crippen molar-refractivity contribution in [3.8, 4) is 11.5 Å². The molecule has 2 aromatic rings. The number of aromatic nitrogens is 1. The van der Waals surface area contributed by atoms with E-state index in [0.29, 0.717) is 16.8 Å². The summed E-state index contributed by atoms with van der Waals surface area (Å²) in [6.07, 6.45) is 1.88. The van der Waals surface area contributed by atoms with Gasteiger partial charge >= 0.3 is 0 Å². The van der Waals surface area contributed by atoms with Gasteiger partial charge in [0.2, 0.25) is 0 Å². The molecule has 4 nitrogen and oxygen atoms in total. The first kappa shape index (κ1) is 14.3. The lowest BCUT2D eigenvalue weighted by Crippen LogP contribution is -2.12. The van der Waals surface area contributed by atoms with Crippen molar-refractivity contribution < 1.29 is 9.84 Å². The SMILES string of the molecule is COc1cc(CNCc2ncc(C)s2)cc(Br)c1O. The van der Waals surface area contributed by atoms with Crippen molar-refractivity contribution in [1.82, 2.24) is 10.3 Å². The van der Waals surface area contributed by atoms with Gasteiger partial charge in [-0.2, -0.15) is 0 Å². The molecule has 1 heterocycles. The van der Waals surface area contributed by atoms with Crippen molar-refractivity contribution in [2.45, 2.75) is 20.0 Å². The summed E-state index contributed by atoms with van der Waals surface area (Å²) in [5, 5.41) is 14.1. The minimum absolute atomic E-state index is 0.127. The molecule has 0 aliphatic carbocycles. The number of aryl methyl sites for hydroxylation is 1. The van der Waals surface area contributed by atoms with E-state index in [1.807, 2.05) is 25.3 Å². The van der Waals surface area contributed by atoms with Gasteiger partial charge in [-0.05, 0) is 40.5 Å². The average Bonchev–Trinajstić information content (AvgIpc) is 2.79. The van der Waals surface area contributed by atoms with Gasteiger partial charge in [0.05, 0.1) is 11.6 Å². The lowest BCUT2D eigenvalue weighted by atomic mass is 10.2. The van der Waals surface area contributed by atoms with Crippen LogP contribution in [0.15, 0.2) is 22.8 Å². The van der Waals surface area contributed by atoms with E-state index in [1.54, 1.807) is 11.3 Å². The second kappa shape index (κ2) is 6.36. The molecule has 6 heteroatoms. The first-order chi connectivity index (χ1) is 9.10. The molecule has 0 radical (unpaired) electrons. The third kappa shape index (κ3) is 3.68. The zero-order valence-corrected chi connectivity index (χ0v) is 13.1. The lowest BCUT2D eigenvalue weighted by Gasteiger charge is -2.09. The fourth-order valence-electron chi connectivity index (χ4n) is 1.68. The van der Waals surface area contributed by atoms with E-state index in [1.165, 1.54) is 12.0 Å². The van der Waals surface area contributed by atoms with E-state index in [0.717, 1.165) is 17.1 Å². The van der Waals surface area contributed by atoms with Gasteiger partial charge in [0.1, 0.15) is 5.01 Å². The average molecular weight is 343 g/mol. The fraction of sp³-hybridized carbons (Fsp3) is 0.308. The summed E-state index contributed by atoms with van der Waals surface area (Å²) >= 11 is 5.00. The number of nitrogens with one attached hydrogen (secondary N) is 1. The third-order valence-electron chi connectivity index (χ3n) is 2.58. The monoisotopic (exact) mass is 342 g/mol. The van der Waals surface area contributed by atoms with Crippen molar-refractivity contribution in [2.75, 3.05) is 7.11 Å². The number of thiazole rings is 1. The molecule has 2 rings (SSSR count). The van der Waals surface area contributed by atoms with Crippen molar-refractivity contribution in [3.63, 3.8) is 0 Å². The number of hydrogen-bond donors (Lipinski definition) is 2. The van der Waals surface area contributed by atoms with Crippen molar-refractivity contribution in [3.05, 3.63) is 38.3 Å². The normalized spacial score (nSPS) is 10.7. The molecule has 0 unspecified atom stereocenters. The van der Waals surface area contributed by atoms with Crippen LogP contribution in [0.25, 0.3) is 0 Å². The van der Waals surface area contributed by atoms with Crippen LogP contribution < -0.4 is 10.1 Å². The Hall–Kier alpha value is -1.11. The zero-order valence-electron chi connectivity index (χ0n) is 10.7. The maximum absolute atomic E-state index is 9.73. The summed E-state index contributed by atoms with van der Waals surface area (Å²) in [6, 6.07) is 3.69. The number of phenols is 1. The lowest BCUT2D eigenvalue weighted by molar-refractivity contribution is 0.371. The van der Waals surface area contributed by atoms with E-state index < -0.39 is 0 Å². The number of rotatable bonds is 5. The number of ether oxygens (including phenoxy) is 1. The molecule has 0 atom stereocenters. The highest BCUT2D eigenvalue weighted by Gasteiger charge is 2.08. The zero-order chi connectivity index (χ0) is 13.8. The number of nitrogens with zero attached hydrogens (tertiary/aromatic N) is 1. The van der Waals surface area contributed by atoms with Gasteiger partial charge in [-0.1, -0.05) is 0 Å². The molecular formula is C13H15BrN2O2S. The van der Waals surface area contributed by atoms with E-state index in [-0.39, 0.29) is 5.75 Å². The highest BCUT2D eigenvalue weighted by Crippen LogP contribution is 2.35. The number of halogens is 1. The van der Waals surface area contributed by atoms with Gasteiger partial charge < -0.3 is 15.2 Å². The molecule has 19 heavy (non-hydrogen) atoms. The minimum atomic E-state index is 0.127. The summed E-state index contributed by atoms with van der Waals surface area (Å²) < 4.78 is 5.75. The van der Waals surface area contributed by atoms with Gasteiger partial charge in [-0.25, -0.2) is 4.98 Å². The largest absolute Gasteiger partial charge is 0.503 e. The smallest absolute Gasteiger partial charge is 0.172 e. The Morgan fingerprint density at radius 3 is 2.84 bits per heavy atom. The number of benzene rings is 1. The topological polar surface area (TPSA) is 54.4 Å². The van der Waals surface area contributed by atoms with E-state index >= 15 is 0 Å². The Labute approximate surface area is 124 Å². The summed E-state index contributed by atoms with van der Waals surface area (Å²) in [5.74, 6) is 0.595. The molecule has 102 valence electrons. The van der Waals surface area contributed by atoms with Gasteiger partial charge in [0.15, 0.2) is 11.5 Å². The van der Waals surface area contributed by atoms with Gasteiger partial charge in [-0.15, -0.1) is 11.3 Å². The van der Waals surface area contributed by atoms with Crippen LogP contribution in [0.5, 0.6) is 11.5 Å². The second-order valence-electron chi connectivity index (χ2n) is 4.10. The van der Waals surface area contributed by atoms with Crippen LogP contribution in [-0.4, -0.2) is 17.2 Å². The van der Waals surface area contributed by atoms with Crippen molar-refractivity contribution in [1.29, 1.82) is 0 Å². The van der Waals surface area contributed by atoms with E-state index in [2.05, 4.69) is 26.2 Å². The number of hydrogen-bond acceptors (Lipinski definition) is 5. The summed E-state index contributed by atoms with van der Waals surface area (Å²) in [7, 11) is 1.54. The van der Waals surface area contributed by atoms with Crippen LogP contribution in [0.1, 0.15) is 15.4 Å². The van der Waals surface area contributed by atoms with Crippen LogP contribution >= 0.6 is 27.3 Å². The molecule has 2 N–H and O–H groups in total. The molecule has 0 saturated heterocycles. The molecule has 0 spiro atoms. The molecule has 0 amide bonds.